The Morgan fingerprint density at radius 1 is 0.826 bits per heavy atom. The summed E-state index contributed by atoms with van der Waals surface area (Å²) in [5.41, 5.74) is 13.9. The zero-order chi connectivity index (χ0) is 16.5. The van der Waals surface area contributed by atoms with Gasteiger partial charge in [0.05, 0.1) is 18.5 Å². The average Bonchev–Trinajstić information content (AvgIpc) is 2.61. The minimum atomic E-state index is 0.596. The lowest BCUT2D eigenvalue weighted by Crippen LogP contribution is -2.33. The smallest absolute Gasteiger partial charge is 0.119 e. The highest BCUT2D eigenvalue weighted by Crippen LogP contribution is 2.23. The van der Waals surface area contributed by atoms with Gasteiger partial charge in [0.15, 0.2) is 0 Å². The van der Waals surface area contributed by atoms with Gasteiger partial charge >= 0.3 is 0 Å². The summed E-state index contributed by atoms with van der Waals surface area (Å²) in [6.45, 7) is 2.76. The molecule has 122 valence electrons. The molecule has 0 radical (unpaired) electrons. The molecule has 4 N–H and O–H groups in total. The van der Waals surface area contributed by atoms with Crippen molar-refractivity contribution in [3.63, 3.8) is 0 Å². The molecule has 2 rings (SSSR count). The van der Waals surface area contributed by atoms with E-state index >= 15 is 0 Å². The van der Waals surface area contributed by atoms with Crippen LogP contribution in [0.3, 0.4) is 0 Å². The number of nitrogens with zero attached hydrogens (tertiary/aromatic N) is 3. The molecule has 0 aliphatic heterocycles. The number of hydrogen-bond donors (Lipinski definition) is 2. The number of azo groups is 1. The zero-order valence-electron chi connectivity index (χ0n) is 13.4. The molecule has 23 heavy (non-hydrogen) atoms. The van der Waals surface area contributed by atoms with E-state index in [1.807, 2.05) is 48.5 Å². The average molecular weight is 313 g/mol. The number of benzene rings is 2. The first-order chi connectivity index (χ1) is 11.3. The number of rotatable bonds is 8. The number of nitrogens with two attached hydrogens (primary N) is 2. The van der Waals surface area contributed by atoms with Crippen molar-refractivity contribution in [3.8, 4) is 5.75 Å². The lowest BCUT2D eigenvalue weighted by molar-refractivity contribution is 0.415. The van der Waals surface area contributed by atoms with E-state index in [0.717, 1.165) is 35.9 Å². The van der Waals surface area contributed by atoms with Gasteiger partial charge in [-0.2, -0.15) is 10.2 Å². The third-order valence-corrected chi connectivity index (χ3v) is 3.37. The van der Waals surface area contributed by atoms with Crippen molar-refractivity contribution in [1.29, 1.82) is 0 Å². The predicted molar refractivity (Wildman–Crippen MR) is 93.9 cm³/mol. The molecular formula is C17H23N5O. The molecule has 0 amide bonds. The fourth-order valence-corrected chi connectivity index (χ4v) is 2.18. The maximum absolute atomic E-state index is 5.63. The van der Waals surface area contributed by atoms with E-state index in [9.17, 15) is 0 Å². The summed E-state index contributed by atoms with van der Waals surface area (Å²) < 4.78 is 5.11. The molecule has 0 saturated carbocycles. The van der Waals surface area contributed by atoms with Crippen LogP contribution >= 0.6 is 0 Å². The van der Waals surface area contributed by atoms with Gasteiger partial charge in [-0.25, -0.2) is 0 Å². The highest BCUT2D eigenvalue weighted by molar-refractivity contribution is 5.53. The van der Waals surface area contributed by atoms with Gasteiger partial charge in [-0.05, 0) is 48.5 Å². The quantitative estimate of drug-likeness (QED) is 0.733. The second-order valence-corrected chi connectivity index (χ2v) is 4.98. The van der Waals surface area contributed by atoms with E-state index < -0.39 is 0 Å². The van der Waals surface area contributed by atoms with Gasteiger partial charge in [0, 0.05) is 31.9 Å². The highest BCUT2D eigenvalue weighted by atomic mass is 16.5. The van der Waals surface area contributed by atoms with Crippen LogP contribution < -0.4 is 21.1 Å². The Labute approximate surface area is 136 Å². The Balaban J connectivity index is 2.04. The van der Waals surface area contributed by atoms with Crippen molar-refractivity contribution in [1.82, 2.24) is 0 Å². The summed E-state index contributed by atoms with van der Waals surface area (Å²) in [5.74, 6) is 0.799. The van der Waals surface area contributed by atoms with Crippen molar-refractivity contribution in [2.24, 2.45) is 21.7 Å². The first-order valence-electron chi connectivity index (χ1n) is 7.57. The van der Waals surface area contributed by atoms with E-state index in [1.54, 1.807) is 7.11 Å². The SMILES string of the molecule is COc1ccc(N=Nc2ccc(N(CCN)CCN)cc2)cc1. The topological polar surface area (TPSA) is 89.2 Å². The molecular weight excluding hydrogens is 290 g/mol. The minimum absolute atomic E-state index is 0.596. The maximum atomic E-state index is 5.63. The first kappa shape index (κ1) is 16.9. The molecule has 0 spiro atoms. The molecule has 0 aromatic heterocycles. The van der Waals surface area contributed by atoms with Crippen molar-refractivity contribution in [2.45, 2.75) is 0 Å². The fraction of sp³-hybridized carbons (Fsp3) is 0.294. The summed E-state index contributed by atoms with van der Waals surface area (Å²) in [6, 6.07) is 15.3. The molecule has 0 bridgehead atoms. The maximum Gasteiger partial charge on any atom is 0.119 e. The third kappa shape index (κ3) is 5.05. The summed E-state index contributed by atoms with van der Waals surface area (Å²) in [5, 5.41) is 8.46. The Morgan fingerprint density at radius 2 is 1.30 bits per heavy atom. The van der Waals surface area contributed by atoms with Gasteiger partial charge in [-0.3, -0.25) is 0 Å². The van der Waals surface area contributed by atoms with Crippen molar-refractivity contribution < 1.29 is 4.74 Å². The number of anilines is 1. The summed E-state index contributed by atoms with van der Waals surface area (Å²) in [4.78, 5) is 2.16. The molecule has 6 heteroatoms. The van der Waals surface area contributed by atoms with Gasteiger partial charge in [-0.1, -0.05) is 0 Å². The Kier molecular flexibility index (Phi) is 6.53. The summed E-state index contributed by atoms with van der Waals surface area (Å²) >= 11 is 0. The normalized spacial score (nSPS) is 10.9. The Morgan fingerprint density at radius 3 is 1.74 bits per heavy atom. The van der Waals surface area contributed by atoms with Gasteiger partial charge in [0.25, 0.3) is 0 Å². The van der Waals surface area contributed by atoms with Crippen LogP contribution in [-0.2, 0) is 0 Å². The van der Waals surface area contributed by atoms with Crippen LogP contribution in [0.4, 0.5) is 17.1 Å². The van der Waals surface area contributed by atoms with Gasteiger partial charge in [-0.15, -0.1) is 0 Å². The third-order valence-electron chi connectivity index (χ3n) is 3.37. The standard InChI is InChI=1S/C17H23N5O/c1-23-17-8-4-15(5-9-17)21-20-14-2-6-16(7-3-14)22(12-10-18)13-11-19/h2-9H,10-13,18-19H2,1H3. The minimum Gasteiger partial charge on any atom is -0.497 e. The van der Waals surface area contributed by atoms with Crippen LogP contribution in [0.25, 0.3) is 0 Å². The van der Waals surface area contributed by atoms with Gasteiger partial charge in [0.1, 0.15) is 5.75 Å². The zero-order valence-corrected chi connectivity index (χ0v) is 13.4. The molecule has 0 saturated heterocycles. The van der Waals surface area contributed by atoms with Crippen LogP contribution in [-0.4, -0.2) is 33.3 Å². The van der Waals surface area contributed by atoms with E-state index in [-0.39, 0.29) is 0 Å². The summed E-state index contributed by atoms with van der Waals surface area (Å²) in [7, 11) is 1.64. The molecule has 0 unspecified atom stereocenters. The monoisotopic (exact) mass is 313 g/mol. The van der Waals surface area contributed by atoms with Crippen molar-refractivity contribution in [2.75, 3.05) is 38.2 Å². The van der Waals surface area contributed by atoms with Gasteiger partial charge in [0.2, 0.25) is 0 Å². The van der Waals surface area contributed by atoms with Crippen LogP contribution in [0, 0.1) is 0 Å². The van der Waals surface area contributed by atoms with Crippen molar-refractivity contribution >= 4 is 17.1 Å². The molecule has 6 nitrogen and oxygen atoms in total. The molecule has 0 heterocycles. The molecule has 0 fully saturated rings. The molecule has 0 aliphatic carbocycles. The Hall–Kier alpha value is -2.44. The van der Waals surface area contributed by atoms with Crippen LogP contribution in [0.2, 0.25) is 0 Å². The predicted octanol–water partition coefficient (Wildman–Crippen LogP) is 2.83. The number of hydrogen-bond acceptors (Lipinski definition) is 6. The summed E-state index contributed by atoms with van der Waals surface area (Å²) in [6.07, 6.45) is 0. The molecule has 2 aromatic rings. The Bertz CT molecular complexity index is 604. The molecule has 0 atom stereocenters. The molecule has 2 aromatic carbocycles. The number of ether oxygens (including phenoxy) is 1. The lowest BCUT2D eigenvalue weighted by atomic mass is 10.2. The van der Waals surface area contributed by atoms with E-state index in [0.29, 0.717) is 13.1 Å². The van der Waals surface area contributed by atoms with Crippen LogP contribution in [0.15, 0.2) is 58.8 Å². The van der Waals surface area contributed by atoms with E-state index in [2.05, 4.69) is 15.1 Å². The van der Waals surface area contributed by atoms with Crippen LogP contribution in [0.5, 0.6) is 5.75 Å². The van der Waals surface area contributed by atoms with Gasteiger partial charge < -0.3 is 21.1 Å². The second kappa shape index (κ2) is 8.87. The molecule has 0 aliphatic rings. The second-order valence-electron chi connectivity index (χ2n) is 4.98. The van der Waals surface area contributed by atoms with Crippen LogP contribution in [0.1, 0.15) is 0 Å². The van der Waals surface area contributed by atoms with Crippen molar-refractivity contribution in [3.05, 3.63) is 48.5 Å². The fourth-order valence-electron chi connectivity index (χ4n) is 2.18. The largest absolute Gasteiger partial charge is 0.497 e. The highest BCUT2D eigenvalue weighted by Gasteiger charge is 2.04. The lowest BCUT2D eigenvalue weighted by Gasteiger charge is -2.23. The first-order valence-corrected chi connectivity index (χ1v) is 7.57. The van der Waals surface area contributed by atoms with E-state index in [1.165, 1.54) is 0 Å². The number of methoxy groups -OCH3 is 1. The van der Waals surface area contributed by atoms with E-state index in [4.69, 9.17) is 16.2 Å².